The maximum atomic E-state index is 13.3. The molecule has 0 aliphatic carbocycles. The molecule has 0 fully saturated rings. The van der Waals surface area contributed by atoms with E-state index in [-0.39, 0.29) is 162 Å². The molecule has 0 spiro atoms. The summed E-state index contributed by atoms with van der Waals surface area (Å²) >= 11 is 0. The number of azo groups is 2. The molecular formula is C36H30N8Na4O20S6. The average Bonchev–Trinajstić information content (AvgIpc) is 3.71. The Bertz CT molecular complexity index is 3390. The zero-order valence-electron chi connectivity index (χ0n) is 39.3. The van der Waals surface area contributed by atoms with Crippen LogP contribution >= 0.6 is 0 Å². The van der Waals surface area contributed by atoms with Crippen molar-refractivity contribution in [3.8, 4) is 11.1 Å². The van der Waals surface area contributed by atoms with Crippen molar-refractivity contribution < 1.29 is 205 Å². The summed E-state index contributed by atoms with van der Waals surface area (Å²) in [6, 6.07) is 11.6. The second-order valence-corrected chi connectivity index (χ2v) is 23.4. The van der Waals surface area contributed by atoms with Crippen LogP contribution in [0.2, 0.25) is 0 Å². The van der Waals surface area contributed by atoms with Crippen molar-refractivity contribution in [2.24, 2.45) is 30.7 Å². The summed E-state index contributed by atoms with van der Waals surface area (Å²) in [6.07, 6.45) is 0. The number of carbonyl (C=O) groups excluding carboxylic acids is 2. The maximum absolute atomic E-state index is 13.3. The average molecular weight is 1180 g/mol. The molecule has 0 radical (unpaired) electrons. The van der Waals surface area contributed by atoms with E-state index in [1.165, 1.54) is 38.1 Å². The van der Waals surface area contributed by atoms with Gasteiger partial charge in [-0.1, -0.05) is 12.1 Å². The first-order valence-corrected chi connectivity index (χ1v) is 27.8. The minimum Gasteiger partial charge on any atom is -0.744 e. The first kappa shape index (κ1) is 67.9. The van der Waals surface area contributed by atoms with Gasteiger partial charge >= 0.3 is 118 Å². The Morgan fingerprint density at radius 3 is 1.09 bits per heavy atom. The van der Waals surface area contributed by atoms with Crippen molar-refractivity contribution in [3.05, 3.63) is 84.9 Å². The van der Waals surface area contributed by atoms with Crippen LogP contribution in [0.1, 0.15) is 13.8 Å². The molecule has 0 N–H and O–H groups in total. The van der Waals surface area contributed by atoms with Crippen molar-refractivity contribution in [1.29, 1.82) is 0 Å². The van der Waals surface area contributed by atoms with E-state index in [0.29, 0.717) is 12.1 Å². The van der Waals surface area contributed by atoms with Crippen molar-refractivity contribution in [3.63, 3.8) is 0 Å². The zero-order valence-corrected chi connectivity index (χ0v) is 52.2. The minimum absolute atomic E-state index is 0. The summed E-state index contributed by atoms with van der Waals surface area (Å²) in [5, 5.41) is 25.5. The van der Waals surface area contributed by atoms with Crippen molar-refractivity contribution in [2.75, 3.05) is 34.7 Å². The molecule has 2 atom stereocenters. The molecule has 6 rings (SSSR count). The van der Waals surface area contributed by atoms with E-state index in [2.05, 4.69) is 39.0 Å². The SMILES string of the molecule is CC1=NN(c2ccc(S(=O)(=O)CCOS(=O)(=O)[O-])cc2)C(=O)C1N=Nc1ccc(-c2ccc(N=NC3C(=O)N(c4ccc(S(=O)(=O)CCOS(=O)(=O)[O-])cc4)N=C3C)cc2S(=O)(=O)[O-])c(S(=O)(=O)[O-])c1.[Na+].[Na+].[Na+].[Na+]. The third-order valence-corrected chi connectivity index (χ3v) is 15.6. The van der Waals surface area contributed by atoms with Gasteiger partial charge in [0, 0.05) is 11.1 Å². The predicted molar refractivity (Wildman–Crippen MR) is 234 cm³/mol. The fourth-order valence-corrected chi connectivity index (χ4v) is 10.7. The number of hydrogen-bond donors (Lipinski definition) is 0. The summed E-state index contributed by atoms with van der Waals surface area (Å²) < 4.78 is 197. The summed E-state index contributed by atoms with van der Waals surface area (Å²) in [5.41, 5.74) is -1.62. The molecule has 4 aromatic carbocycles. The number of sulfone groups is 2. The Hall–Kier alpha value is -2.18. The number of nitrogens with zero attached hydrogens (tertiary/aromatic N) is 8. The molecule has 2 aliphatic rings. The molecule has 2 unspecified atom stereocenters. The van der Waals surface area contributed by atoms with Gasteiger partial charge in [0.25, 0.3) is 11.8 Å². The number of hydrazone groups is 2. The molecule has 0 bridgehead atoms. The number of rotatable bonds is 19. The Labute approximate surface area is 512 Å². The van der Waals surface area contributed by atoms with Crippen LogP contribution in [-0.4, -0.2) is 129 Å². The largest absolute Gasteiger partial charge is 1.00 e. The fraction of sp³-hybridized carbons (Fsp3) is 0.222. The van der Waals surface area contributed by atoms with Gasteiger partial charge < -0.3 is 18.2 Å². The van der Waals surface area contributed by atoms with Crippen LogP contribution < -0.4 is 128 Å². The van der Waals surface area contributed by atoms with E-state index >= 15 is 0 Å². The first-order chi connectivity index (χ1) is 32.3. The molecule has 2 heterocycles. The molecule has 74 heavy (non-hydrogen) atoms. The Kier molecular flexibility index (Phi) is 24.5. The predicted octanol–water partition coefficient (Wildman–Crippen LogP) is -10.6. The van der Waals surface area contributed by atoms with Gasteiger partial charge in [0.2, 0.25) is 20.8 Å². The van der Waals surface area contributed by atoms with Gasteiger partial charge in [0.15, 0.2) is 31.8 Å². The smallest absolute Gasteiger partial charge is 0.744 e. The molecule has 4 aromatic rings. The van der Waals surface area contributed by atoms with Gasteiger partial charge in [-0.25, -0.2) is 50.5 Å². The van der Waals surface area contributed by atoms with Gasteiger partial charge in [-0.2, -0.15) is 40.7 Å². The third-order valence-electron chi connectivity index (χ3n) is 9.57. The van der Waals surface area contributed by atoms with Gasteiger partial charge in [0.05, 0.1) is 78.5 Å². The fourth-order valence-electron chi connectivity index (χ4n) is 6.32. The van der Waals surface area contributed by atoms with Crippen LogP contribution in [0, 0.1) is 0 Å². The quantitative estimate of drug-likeness (QED) is 0.0364. The Morgan fingerprint density at radius 1 is 0.500 bits per heavy atom. The standard InChI is InChI=1S/C36H34N8O20S6.4Na/c1-21-33(35(45)43(41-21)25-5-9-27(10-6-25)65(47,48)17-15-63-69(57,58)59)39-37-23-3-13-29(31(19-23)67(51,52)53)30-14-4-24(20-32(30)68(54,55)56)38-40-34-22(2)42-44(36(34)46)26-7-11-28(12-8-26)66(49,50)18-16-64-70(60,61)62;;;;/h3-14,19-20,33-34H,15-18H2,1-2H3,(H,51,52,53)(H,54,55,56)(H,57,58,59)(H,60,61,62);;;;/q;4*+1/p-4. The minimum atomic E-state index is -5.49. The van der Waals surface area contributed by atoms with Gasteiger partial charge in [-0.3, -0.25) is 18.0 Å². The van der Waals surface area contributed by atoms with Crippen molar-refractivity contribution in [2.45, 2.75) is 45.5 Å². The van der Waals surface area contributed by atoms with E-state index in [4.69, 9.17) is 0 Å². The van der Waals surface area contributed by atoms with E-state index in [1.54, 1.807) is 0 Å². The van der Waals surface area contributed by atoms with Gasteiger partial charge in [-0.15, -0.1) is 0 Å². The van der Waals surface area contributed by atoms with E-state index < -0.39 is 130 Å². The van der Waals surface area contributed by atoms with Crippen molar-refractivity contribution >= 4 is 107 Å². The maximum Gasteiger partial charge on any atom is 1.00 e. The molecule has 38 heteroatoms. The molecule has 374 valence electrons. The monoisotopic (exact) mass is 1180 g/mol. The summed E-state index contributed by atoms with van der Waals surface area (Å²) in [4.78, 5) is 23.9. The number of anilines is 2. The molecule has 0 aromatic heterocycles. The van der Waals surface area contributed by atoms with E-state index in [1.807, 2.05) is 0 Å². The summed E-state index contributed by atoms with van der Waals surface area (Å²) in [6.45, 7) is 0.879. The van der Waals surface area contributed by atoms with Crippen LogP contribution in [0.5, 0.6) is 0 Å². The van der Waals surface area contributed by atoms with E-state index in [9.17, 15) is 78.3 Å². The van der Waals surface area contributed by atoms with Crippen LogP contribution in [0.25, 0.3) is 11.1 Å². The normalized spacial score (nSPS) is 16.6. The Balaban J connectivity index is 0.00000469. The third kappa shape index (κ3) is 17.4. The first-order valence-electron chi connectivity index (χ1n) is 19.0. The number of carbonyl (C=O) groups is 2. The van der Waals surface area contributed by atoms with Gasteiger partial charge in [-0.05, 0) is 86.6 Å². The van der Waals surface area contributed by atoms with Crippen LogP contribution in [0.4, 0.5) is 22.7 Å². The molecule has 0 saturated carbocycles. The van der Waals surface area contributed by atoms with Crippen molar-refractivity contribution in [1.82, 2.24) is 0 Å². The molecule has 2 amide bonds. The van der Waals surface area contributed by atoms with Crippen LogP contribution in [0.15, 0.2) is 135 Å². The second-order valence-electron chi connectivity index (χ2n) is 14.4. The van der Waals surface area contributed by atoms with Gasteiger partial charge in [0.1, 0.15) is 20.2 Å². The molecular weight excluding hydrogens is 1150 g/mol. The zero-order chi connectivity index (χ0) is 51.8. The molecule has 2 aliphatic heterocycles. The summed E-state index contributed by atoms with van der Waals surface area (Å²) in [5.74, 6) is -3.35. The number of hydrogen-bond acceptors (Lipinski definition) is 26. The summed E-state index contributed by atoms with van der Waals surface area (Å²) in [7, 11) is -29.5. The number of benzene rings is 4. The van der Waals surface area contributed by atoms with Crippen LogP contribution in [-0.2, 0) is 78.7 Å². The number of amides is 2. The van der Waals surface area contributed by atoms with E-state index in [0.717, 1.165) is 58.5 Å². The second kappa shape index (κ2) is 26.6. The molecule has 28 nitrogen and oxygen atoms in total. The Morgan fingerprint density at radius 2 is 0.811 bits per heavy atom. The van der Waals surface area contributed by atoms with Crippen LogP contribution in [0.3, 0.4) is 0 Å². The molecule has 0 saturated heterocycles. The topological polar surface area (TPSA) is 430 Å².